The number of nitrogens with two attached hydrogens (primary N) is 1. The van der Waals surface area contributed by atoms with Gasteiger partial charge in [0.15, 0.2) is 0 Å². The molecule has 0 fully saturated rings. The molecular formula is C11H10BrN3S. The fourth-order valence-electron chi connectivity index (χ4n) is 1.15. The van der Waals surface area contributed by atoms with Gasteiger partial charge in [0.1, 0.15) is 10.1 Å². The third-order valence-corrected chi connectivity index (χ3v) is 3.88. The molecule has 5 heteroatoms. The van der Waals surface area contributed by atoms with E-state index in [2.05, 4.69) is 25.9 Å². The van der Waals surface area contributed by atoms with Gasteiger partial charge in [-0.1, -0.05) is 0 Å². The predicted octanol–water partition coefficient (Wildman–Crippen LogP) is 3.28. The third-order valence-electron chi connectivity index (χ3n) is 2.03. The molecule has 3 nitrogen and oxygen atoms in total. The van der Waals surface area contributed by atoms with E-state index in [1.807, 2.05) is 31.2 Å². The lowest BCUT2D eigenvalue weighted by atomic mass is 10.3. The van der Waals surface area contributed by atoms with E-state index in [1.165, 1.54) is 11.8 Å². The Morgan fingerprint density at radius 1 is 1.31 bits per heavy atom. The molecule has 0 aromatic carbocycles. The van der Waals surface area contributed by atoms with Crippen molar-refractivity contribution in [1.82, 2.24) is 9.97 Å². The maximum atomic E-state index is 5.72. The summed E-state index contributed by atoms with van der Waals surface area (Å²) < 4.78 is 0.969. The zero-order chi connectivity index (χ0) is 11.5. The molecule has 2 aromatic heterocycles. The van der Waals surface area contributed by atoms with Crippen molar-refractivity contribution < 1.29 is 0 Å². The molecule has 2 aromatic rings. The Morgan fingerprint density at radius 3 is 2.81 bits per heavy atom. The summed E-state index contributed by atoms with van der Waals surface area (Å²) in [6.07, 6.45) is 1.76. The summed E-state index contributed by atoms with van der Waals surface area (Å²) in [4.78, 5) is 8.66. The van der Waals surface area contributed by atoms with Crippen LogP contribution in [0.4, 0.5) is 5.69 Å². The molecule has 0 unspecified atom stereocenters. The highest BCUT2D eigenvalue weighted by molar-refractivity contribution is 9.10. The van der Waals surface area contributed by atoms with Crippen LogP contribution in [0.25, 0.3) is 0 Å². The van der Waals surface area contributed by atoms with Crippen molar-refractivity contribution in [2.75, 3.05) is 5.73 Å². The predicted molar refractivity (Wildman–Crippen MR) is 69.4 cm³/mol. The summed E-state index contributed by atoms with van der Waals surface area (Å²) in [5.74, 6) is 0. The Kier molecular flexibility index (Phi) is 3.46. The number of halogens is 1. The van der Waals surface area contributed by atoms with Crippen molar-refractivity contribution in [3.63, 3.8) is 0 Å². The van der Waals surface area contributed by atoms with Crippen molar-refractivity contribution in [1.29, 1.82) is 0 Å². The standard InChI is InChI=1S/C11H10BrN3S/c1-7-9(13)4-5-10(15-7)16-11-8(12)3-2-6-14-11/h2-6H,13H2,1H3. The number of aryl methyl sites for hydroxylation is 1. The molecule has 2 N–H and O–H groups in total. The largest absolute Gasteiger partial charge is 0.397 e. The van der Waals surface area contributed by atoms with Gasteiger partial charge in [-0.05, 0) is 58.9 Å². The van der Waals surface area contributed by atoms with Crippen LogP contribution in [0.1, 0.15) is 5.69 Å². The second-order valence-electron chi connectivity index (χ2n) is 3.22. The Labute approximate surface area is 107 Å². The van der Waals surface area contributed by atoms with Crippen LogP contribution in [0.2, 0.25) is 0 Å². The second kappa shape index (κ2) is 4.84. The molecule has 0 aliphatic carbocycles. The Balaban J connectivity index is 2.28. The normalized spacial score (nSPS) is 10.4. The molecule has 16 heavy (non-hydrogen) atoms. The molecule has 2 rings (SSSR count). The number of anilines is 1. The van der Waals surface area contributed by atoms with Crippen molar-refractivity contribution >= 4 is 33.4 Å². The molecule has 0 radical (unpaired) electrons. The van der Waals surface area contributed by atoms with E-state index in [0.29, 0.717) is 5.69 Å². The molecule has 0 saturated heterocycles. The highest BCUT2D eigenvalue weighted by Gasteiger charge is 2.05. The summed E-state index contributed by atoms with van der Waals surface area (Å²) in [6.45, 7) is 1.90. The molecule has 0 spiro atoms. The van der Waals surface area contributed by atoms with E-state index < -0.39 is 0 Å². The van der Waals surface area contributed by atoms with Gasteiger partial charge >= 0.3 is 0 Å². The van der Waals surface area contributed by atoms with Crippen LogP contribution < -0.4 is 5.73 Å². The van der Waals surface area contributed by atoms with Gasteiger partial charge in [-0.25, -0.2) is 9.97 Å². The van der Waals surface area contributed by atoms with E-state index in [-0.39, 0.29) is 0 Å². The molecule has 0 aliphatic rings. The molecule has 0 atom stereocenters. The quantitative estimate of drug-likeness (QED) is 0.924. The van der Waals surface area contributed by atoms with Crippen molar-refractivity contribution in [3.05, 3.63) is 40.6 Å². The topological polar surface area (TPSA) is 51.8 Å². The van der Waals surface area contributed by atoms with E-state index in [9.17, 15) is 0 Å². The van der Waals surface area contributed by atoms with Crippen LogP contribution in [-0.4, -0.2) is 9.97 Å². The van der Waals surface area contributed by atoms with Crippen LogP contribution >= 0.6 is 27.7 Å². The van der Waals surface area contributed by atoms with Crippen LogP contribution in [0.3, 0.4) is 0 Å². The average molecular weight is 296 g/mol. The first-order valence-electron chi connectivity index (χ1n) is 4.68. The van der Waals surface area contributed by atoms with Gasteiger partial charge in [-0.3, -0.25) is 0 Å². The number of hydrogen-bond donors (Lipinski definition) is 1. The number of aromatic nitrogens is 2. The minimum Gasteiger partial charge on any atom is -0.397 e. The number of nitrogens with zero attached hydrogens (tertiary/aromatic N) is 2. The number of hydrogen-bond acceptors (Lipinski definition) is 4. The molecule has 0 bridgehead atoms. The molecule has 0 amide bonds. The zero-order valence-corrected chi connectivity index (χ0v) is 11.0. The number of nitrogen functional groups attached to an aromatic ring is 1. The summed E-state index contributed by atoms with van der Waals surface area (Å²) in [7, 11) is 0. The van der Waals surface area contributed by atoms with Gasteiger partial charge in [0, 0.05) is 6.20 Å². The first kappa shape index (κ1) is 11.4. The zero-order valence-electron chi connectivity index (χ0n) is 8.64. The van der Waals surface area contributed by atoms with Gasteiger partial charge in [-0.15, -0.1) is 0 Å². The highest BCUT2D eigenvalue weighted by Crippen LogP contribution is 2.30. The fraction of sp³-hybridized carbons (Fsp3) is 0.0909. The smallest absolute Gasteiger partial charge is 0.116 e. The van der Waals surface area contributed by atoms with E-state index in [4.69, 9.17) is 5.73 Å². The van der Waals surface area contributed by atoms with Gasteiger partial charge in [0.25, 0.3) is 0 Å². The second-order valence-corrected chi connectivity index (χ2v) is 5.08. The number of rotatable bonds is 2. The lowest BCUT2D eigenvalue weighted by Crippen LogP contribution is -1.93. The van der Waals surface area contributed by atoms with Crippen LogP contribution in [-0.2, 0) is 0 Å². The van der Waals surface area contributed by atoms with Gasteiger partial charge in [-0.2, -0.15) is 0 Å². The summed E-state index contributed by atoms with van der Waals surface area (Å²) in [5, 5.41) is 1.80. The Bertz CT molecular complexity index is 516. The minimum atomic E-state index is 0.712. The first-order chi connectivity index (χ1) is 7.66. The Morgan fingerprint density at radius 2 is 2.12 bits per heavy atom. The lowest BCUT2D eigenvalue weighted by Gasteiger charge is -2.04. The lowest BCUT2D eigenvalue weighted by molar-refractivity contribution is 1.05. The minimum absolute atomic E-state index is 0.712. The molecule has 0 saturated carbocycles. The molecular weight excluding hydrogens is 286 g/mol. The van der Waals surface area contributed by atoms with Crippen LogP contribution in [0.15, 0.2) is 45.0 Å². The monoisotopic (exact) mass is 295 g/mol. The van der Waals surface area contributed by atoms with Gasteiger partial charge < -0.3 is 5.73 Å². The molecule has 82 valence electrons. The number of pyridine rings is 2. The van der Waals surface area contributed by atoms with E-state index in [0.717, 1.165) is 20.2 Å². The summed E-state index contributed by atoms with van der Waals surface area (Å²) in [5.41, 5.74) is 7.27. The maximum Gasteiger partial charge on any atom is 0.116 e. The summed E-state index contributed by atoms with van der Waals surface area (Å²) in [6, 6.07) is 7.60. The SMILES string of the molecule is Cc1nc(Sc2ncccc2Br)ccc1N. The van der Waals surface area contributed by atoms with E-state index in [1.54, 1.807) is 6.20 Å². The fourth-order valence-corrected chi connectivity index (χ4v) is 2.44. The molecule has 2 heterocycles. The van der Waals surface area contributed by atoms with Crippen molar-refractivity contribution in [2.45, 2.75) is 17.0 Å². The van der Waals surface area contributed by atoms with Crippen molar-refractivity contribution in [3.8, 4) is 0 Å². The van der Waals surface area contributed by atoms with Crippen LogP contribution in [0, 0.1) is 6.92 Å². The Hall–Kier alpha value is -1.07. The maximum absolute atomic E-state index is 5.72. The third kappa shape index (κ3) is 2.54. The average Bonchev–Trinajstić information content (AvgIpc) is 2.27. The van der Waals surface area contributed by atoms with Crippen molar-refractivity contribution in [2.24, 2.45) is 0 Å². The molecule has 0 aliphatic heterocycles. The highest BCUT2D eigenvalue weighted by atomic mass is 79.9. The van der Waals surface area contributed by atoms with E-state index >= 15 is 0 Å². The first-order valence-corrected chi connectivity index (χ1v) is 6.29. The van der Waals surface area contributed by atoms with Gasteiger partial charge in [0.05, 0.1) is 15.9 Å². The van der Waals surface area contributed by atoms with Gasteiger partial charge in [0.2, 0.25) is 0 Å². The summed E-state index contributed by atoms with van der Waals surface area (Å²) >= 11 is 4.96. The van der Waals surface area contributed by atoms with Crippen LogP contribution in [0.5, 0.6) is 0 Å².